The maximum absolute atomic E-state index is 13.4. The summed E-state index contributed by atoms with van der Waals surface area (Å²) < 4.78 is 35.4. The predicted octanol–water partition coefficient (Wildman–Crippen LogP) is -2.61. The lowest BCUT2D eigenvalue weighted by Crippen LogP contribution is -2.65. The van der Waals surface area contributed by atoms with Crippen molar-refractivity contribution in [3.63, 3.8) is 0 Å². The summed E-state index contributed by atoms with van der Waals surface area (Å²) in [6.45, 7) is 0.184. The van der Waals surface area contributed by atoms with Gasteiger partial charge < -0.3 is 89.7 Å². The largest absolute Gasteiger partial charge is 0.504 e. The molecule has 3 fully saturated rings. The van der Waals surface area contributed by atoms with E-state index in [-0.39, 0.29) is 49.5 Å². The maximum Gasteiger partial charge on any atom is 0.306 e. The van der Waals surface area contributed by atoms with Gasteiger partial charge in [0.25, 0.3) is 0 Å². The number of aromatic hydroxyl groups is 4. The van der Waals surface area contributed by atoms with E-state index in [0.29, 0.717) is 11.1 Å². The van der Waals surface area contributed by atoms with Crippen LogP contribution in [-0.2, 0) is 46.1 Å². The van der Waals surface area contributed by atoms with Crippen LogP contribution in [0, 0.1) is 5.92 Å². The smallest absolute Gasteiger partial charge is 0.306 e. The highest BCUT2D eigenvalue weighted by Crippen LogP contribution is 2.34. The highest BCUT2D eigenvalue weighted by Gasteiger charge is 2.53. The van der Waals surface area contributed by atoms with Crippen LogP contribution in [0.2, 0.25) is 0 Å². The van der Waals surface area contributed by atoms with Gasteiger partial charge in [-0.05, 0) is 61.6 Å². The summed E-state index contributed by atoms with van der Waals surface area (Å²) in [5, 5.41) is 123. The van der Waals surface area contributed by atoms with Crippen molar-refractivity contribution in [3.8, 4) is 23.0 Å². The lowest BCUT2D eigenvalue weighted by atomic mass is 9.81. The fraction of sp³-hybridized carbons (Fsp3) is 0.639. The molecule has 2 saturated heterocycles. The van der Waals surface area contributed by atoms with E-state index in [0.717, 1.165) is 0 Å². The topological polar surface area (TPSA) is 315 Å². The second kappa shape index (κ2) is 18.7. The minimum Gasteiger partial charge on any atom is -0.504 e. The first-order valence-electron chi connectivity index (χ1n) is 17.9. The molecule has 3 aliphatic rings. The quantitative estimate of drug-likeness (QED) is 0.0690. The summed E-state index contributed by atoms with van der Waals surface area (Å²) in [6, 6.07) is 8.07. The Morgan fingerprint density at radius 3 is 1.93 bits per heavy atom. The van der Waals surface area contributed by atoms with Gasteiger partial charge in [0.1, 0.15) is 48.8 Å². The van der Waals surface area contributed by atoms with Gasteiger partial charge in [-0.2, -0.15) is 0 Å². The molecule has 1 aliphatic carbocycles. The molecule has 2 aliphatic heterocycles. The van der Waals surface area contributed by atoms with E-state index < -0.39 is 117 Å². The Morgan fingerprint density at radius 2 is 1.31 bits per heavy atom. The number of aliphatic hydroxyl groups excluding tert-OH is 8. The molecule has 0 radical (unpaired) electrons. The van der Waals surface area contributed by atoms with Gasteiger partial charge in [0.15, 0.2) is 41.7 Å². The zero-order valence-electron chi connectivity index (χ0n) is 29.8. The molecule has 12 N–H and O–H groups in total. The third-order valence-corrected chi connectivity index (χ3v) is 10.2. The Bertz CT molecular complexity index is 1560. The third kappa shape index (κ3) is 10.1. The SMILES string of the molecule is CC1OC(OC2C(O)C(OCCc3ccc(O)c(O)c3)OC(COC3CC(CO)C(O)C(O)C3O)C2OC(=O)CCc2ccc(O)c(O)c2)C(O)C(O)C1O. The fourth-order valence-corrected chi connectivity index (χ4v) is 6.79. The van der Waals surface area contributed by atoms with Gasteiger partial charge in [0, 0.05) is 18.9 Å². The summed E-state index contributed by atoms with van der Waals surface area (Å²) in [5.74, 6) is -3.23. The van der Waals surface area contributed by atoms with Crippen LogP contribution >= 0.6 is 0 Å². The molecule has 2 aromatic carbocycles. The van der Waals surface area contributed by atoms with Gasteiger partial charge in [-0.15, -0.1) is 0 Å². The van der Waals surface area contributed by atoms with Crippen LogP contribution in [0.15, 0.2) is 36.4 Å². The number of phenolic OH excluding ortho intramolecular Hbond substituents is 4. The number of carbonyl (C=O) groups excluding carboxylic acids is 1. The number of hydrogen-bond acceptors (Lipinski definition) is 19. The monoisotopic (exact) mass is 786 g/mol. The summed E-state index contributed by atoms with van der Waals surface area (Å²) >= 11 is 0. The number of aliphatic hydroxyl groups is 8. The van der Waals surface area contributed by atoms with Crippen molar-refractivity contribution in [1.82, 2.24) is 0 Å². The van der Waals surface area contributed by atoms with Crippen molar-refractivity contribution in [2.75, 3.05) is 19.8 Å². The number of esters is 1. The highest BCUT2D eigenvalue weighted by molar-refractivity contribution is 5.70. The number of phenols is 4. The zero-order chi connectivity index (χ0) is 40.1. The number of rotatable bonds is 14. The molecule has 1 saturated carbocycles. The second-order valence-electron chi connectivity index (χ2n) is 14.1. The lowest BCUT2D eigenvalue weighted by Gasteiger charge is -2.47. The van der Waals surface area contributed by atoms with Crippen molar-refractivity contribution >= 4 is 5.97 Å². The van der Waals surface area contributed by atoms with Gasteiger partial charge in [-0.3, -0.25) is 4.79 Å². The van der Waals surface area contributed by atoms with Crippen LogP contribution < -0.4 is 0 Å². The van der Waals surface area contributed by atoms with Crippen molar-refractivity contribution in [2.45, 2.75) is 118 Å². The number of ether oxygens (including phenoxy) is 6. The summed E-state index contributed by atoms with van der Waals surface area (Å²) in [7, 11) is 0. The van der Waals surface area contributed by atoms with Crippen LogP contribution in [0.3, 0.4) is 0 Å². The van der Waals surface area contributed by atoms with Crippen LogP contribution in [0.4, 0.5) is 0 Å². The van der Waals surface area contributed by atoms with Crippen molar-refractivity contribution in [2.24, 2.45) is 5.92 Å². The van der Waals surface area contributed by atoms with Crippen molar-refractivity contribution < 1.29 is 94.5 Å². The first-order valence-corrected chi connectivity index (χ1v) is 17.9. The summed E-state index contributed by atoms with van der Waals surface area (Å²) in [6.07, 6.45) is -22.0. The zero-order valence-corrected chi connectivity index (χ0v) is 29.8. The molecule has 19 nitrogen and oxygen atoms in total. The van der Waals surface area contributed by atoms with E-state index in [1.807, 2.05) is 0 Å². The van der Waals surface area contributed by atoms with Crippen molar-refractivity contribution in [1.29, 1.82) is 0 Å². The van der Waals surface area contributed by atoms with Crippen LogP contribution in [0.25, 0.3) is 0 Å². The van der Waals surface area contributed by atoms with E-state index in [9.17, 15) is 66.1 Å². The molecule has 0 amide bonds. The average molecular weight is 787 g/mol. The number of carbonyl (C=O) groups is 1. The Morgan fingerprint density at radius 1 is 0.691 bits per heavy atom. The van der Waals surface area contributed by atoms with Crippen LogP contribution in [0.5, 0.6) is 23.0 Å². The molecule has 0 aromatic heterocycles. The van der Waals surface area contributed by atoms with Gasteiger partial charge in [0.2, 0.25) is 0 Å². The summed E-state index contributed by atoms with van der Waals surface area (Å²) in [4.78, 5) is 13.4. The molecular formula is C36H50O19. The predicted molar refractivity (Wildman–Crippen MR) is 182 cm³/mol. The first kappa shape index (κ1) is 42.7. The molecule has 19 heteroatoms. The number of aryl methyl sites for hydroxylation is 1. The molecular weight excluding hydrogens is 736 g/mol. The van der Waals surface area contributed by atoms with E-state index in [1.165, 1.54) is 43.3 Å². The molecule has 15 unspecified atom stereocenters. The molecule has 5 rings (SSSR count). The normalized spacial score (nSPS) is 36.7. The van der Waals surface area contributed by atoms with Gasteiger partial charge in [-0.25, -0.2) is 0 Å². The van der Waals surface area contributed by atoms with E-state index >= 15 is 0 Å². The minimum atomic E-state index is -1.85. The molecule has 308 valence electrons. The molecule has 0 bridgehead atoms. The van der Waals surface area contributed by atoms with E-state index in [2.05, 4.69) is 0 Å². The molecule has 15 atom stereocenters. The van der Waals surface area contributed by atoms with Crippen LogP contribution in [0.1, 0.15) is 30.9 Å². The molecule has 0 spiro atoms. The Hall–Kier alpha value is -3.41. The summed E-state index contributed by atoms with van der Waals surface area (Å²) in [5.41, 5.74) is 0.994. The Labute approximate surface area is 315 Å². The van der Waals surface area contributed by atoms with Gasteiger partial charge >= 0.3 is 5.97 Å². The Kier molecular flexibility index (Phi) is 14.5. The highest BCUT2D eigenvalue weighted by atomic mass is 16.7. The first-order chi connectivity index (χ1) is 26.1. The molecule has 2 aromatic rings. The molecule has 55 heavy (non-hydrogen) atoms. The van der Waals surface area contributed by atoms with Crippen LogP contribution in [-0.4, -0.2) is 173 Å². The van der Waals surface area contributed by atoms with Crippen molar-refractivity contribution in [3.05, 3.63) is 47.5 Å². The van der Waals surface area contributed by atoms with Gasteiger partial charge in [0.05, 0.1) is 31.5 Å². The number of benzene rings is 2. The minimum absolute atomic E-state index is 0.0249. The molecule has 2 heterocycles. The lowest BCUT2D eigenvalue weighted by molar-refractivity contribution is -0.359. The Balaban J connectivity index is 1.41. The third-order valence-electron chi connectivity index (χ3n) is 10.2. The number of hydrogen-bond donors (Lipinski definition) is 12. The fourth-order valence-electron chi connectivity index (χ4n) is 6.79. The average Bonchev–Trinajstić information content (AvgIpc) is 3.16. The van der Waals surface area contributed by atoms with Gasteiger partial charge in [-0.1, -0.05) is 12.1 Å². The maximum atomic E-state index is 13.4. The standard InChI is InChI=1S/C36H50O19/c1-15-26(43)29(46)31(48)36(52-15)55-34-32(49)35(50-9-8-17-3-6-20(39)22(41)11-17)53-24(14-51-23-12-18(13-37)27(44)30(47)28(23)45)33(34)54-25(42)7-4-16-2-5-19(38)21(40)10-16/h2-3,5-6,10-11,15,18,23-24,26-41,43-49H,4,7-9,12-14H2,1H3. The van der Waals surface area contributed by atoms with E-state index in [4.69, 9.17) is 28.4 Å². The second-order valence-corrected chi connectivity index (χ2v) is 14.1. The van der Waals surface area contributed by atoms with E-state index in [1.54, 1.807) is 0 Å².